The van der Waals surface area contributed by atoms with Gasteiger partial charge in [0.15, 0.2) is 0 Å². The first-order valence-electron chi connectivity index (χ1n) is 4.94. The van der Waals surface area contributed by atoms with Gasteiger partial charge in [0.25, 0.3) is 0 Å². The van der Waals surface area contributed by atoms with E-state index >= 15 is 0 Å². The van der Waals surface area contributed by atoms with Crippen LogP contribution in [0.1, 0.15) is 0 Å². The van der Waals surface area contributed by atoms with Gasteiger partial charge in [-0.1, -0.05) is 36.4 Å². The quantitative estimate of drug-likeness (QED) is 0.776. The number of hydrogen-bond donors (Lipinski definition) is 0. The Morgan fingerprint density at radius 2 is 1.41 bits per heavy atom. The van der Waals surface area contributed by atoms with Crippen molar-refractivity contribution >= 4 is 27.1 Å². The van der Waals surface area contributed by atoms with Gasteiger partial charge in [0.05, 0.1) is 0 Å². The predicted octanol–water partition coefficient (Wildman–Crippen LogP) is 1.90. The van der Waals surface area contributed by atoms with Crippen LogP contribution in [-0.2, 0) is 10.6 Å². The van der Waals surface area contributed by atoms with E-state index in [-0.39, 0.29) is 0 Å². The van der Waals surface area contributed by atoms with Crippen LogP contribution in [0.25, 0.3) is 10.8 Å². The lowest BCUT2D eigenvalue weighted by Crippen LogP contribution is -2.08. The average molecular weight is 251 g/mol. The van der Waals surface area contributed by atoms with Crippen molar-refractivity contribution in [1.82, 2.24) is 0 Å². The second kappa shape index (κ2) is 6.00. The molecule has 4 nitrogen and oxygen atoms in total. The Balaban J connectivity index is 0.000000317. The Morgan fingerprint density at radius 3 is 2.00 bits per heavy atom. The fraction of sp³-hybridized carbons (Fsp3) is 0.167. The van der Waals surface area contributed by atoms with E-state index in [1.54, 1.807) is 0 Å². The van der Waals surface area contributed by atoms with Crippen molar-refractivity contribution < 1.29 is 12.6 Å². The number of fused-ring (bicyclic) bond motifs is 1. The molecule has 0 N–H and O–H groups in total. The molecule has 0 radical (unpaired) electrons. The summed E-state index contributed by atoms with van der Waals surface area (Å²) in [6.45, 7) is 0. The number of nitrogens with zero attached hydrogens (tertiary/aromatic N) is 1. The largest absolute Gasteiger partial charge is 0.425 e. The van der Waals surface area contributed by atoms with Crippen LogP contribution in [0.4, 0.5) is 5.69 Å². The Hall–Kier alpha value is -1.88. The molecule has 0 aliphatic heterocycles. The van der Waals surface area contributed by atoms with Crippen LogP contribution in [0, 0.1) is 0 Å². The minimum Gasteiger partial charge on any atom is -0.377 e. The molecule has 0 saturated carbocycles. The van der Waals surface area contributed by atoms with Gasteiger partial charge in [0.1, 0.15) is 0 Å². The van der Waals surface area contributed by atoms with Crippen LogP contribution in [0.5, 0.6) is 0 Å². The van der Waals surface area contributed by atoms with E-state index in [1.165, 1.54) is 16.5 Å². The number of benzene rings is 2. The lowest BCUT2D eigenvalue weighted by Gasteiger charge is -2.14. The summed E-state index contributed by atoms with van der Waals surface area (Å²) in [6.07, 6.45) is 0. The van der Waals surface area contributed by atoms with E-state index in [2.05, 4.69) is 61.5 Å². The maximum atomic E-state index is 8.44. The maximum absolute atomic E-state index is 8.44. The topological polar surface area (TPSA) is 54.5 Å². The predicted molar refractivity (Wildman–Crippen MR) is 68.0 cm³/mol. The summed E-state index contributed by atoms with van der Waals surface area (Å²) < 4.78 is 25.3. The van der Waals surface area contributed by atoms with E-state index < -0.39 is 10.6 Å². The molecule has 2 aromatic carbocycles. The van der Waals surface area contributed by atoms with E-state index in [1.807, 2.05) is 0 Å². The van der Waals surface area contributed by atoms with Crippen LogP contribution < -0.4 is 4.90 Å². The van der Waals surface area contributed by atoms with Crippen LogP contribution in [0.2, 0.25) is 0 Å². The Labute approximate surface area is 102 Å². The molecule has 0 bridgehead atoms. The molecule has 0 atom stereocenters. The zero-order valence-corrected chi connectivity index (χ0v) is 10.4. The average Bonchev–Trinajstić information content (AvgIpc) is 2.27. The molecule has 0 amide bonds. The number of anilines is 1. The Bertz CT molecular complexity index is 593. The van der Waals surface area contributed by atoms with Gasteiger partial charge in [-0.25, -0.2) is 0 Å². The fourth-order valence-corrected chi connectivity index (χ4v) is 1.60. The van der Waals surface area contributed by atoms with Gasteiger partial charge >= 0.3 is 10.6 Å². The van der Waals surface area contributed by atoms with Crippen LogP contribution >= 0.6 is 0 Å². The van der Waals surface area contributed by atoms with E-state index in [0.29, 0.717) is 0 Å². The summed E-state index contributed by atoms with van der Waals surface area (Å²) >= 11 is 0. The first-order valence-corrected chi connectivity index (χ1v) is 5.94. The van der Waals surface area contributed by atoms with Gasteiger partial charge in [-0.05, 0) is 11.5 Å². The summed E-state index contributed by atoms with van der Waals surface area (Å²) in [4.78, 5) is 2.14. The summed E-state index contributed by atoms with van der Waals surface area (Å²) in [6, 6.07) is 14.8. The molecule has 0 aliphatic rings. The molecule has 90 valence electrons. The minimum absolute atomic E-state index is 1.28. The molecule has 2 aromatic rings. The Morgan fingerprint density at radius 1 is 0.882 bits per heavy atom. The third kappa shape index (κ3) is 3.88. The van der Waals surface area contributed by atoms with Crippen molar-refractivity contribution in [1.29, 1.82) is 0 Å². The zero-order valence-electron chi connectivity index (χ0n) is 9.62. The molecule has 2 rings (SSSR count). The first kappa shape index (κ1) is 13.2. The molecule has 0 saturated heterocycles. The number of hydrogen-bond acceptors (Lipinski definition) is 4. The molecule has 5 heteroatoms. The summed E-state index contributed by atoms with van der Waals surface area (Å²) in [5, 5.41) is 2.61. The van der Waals surface area contributed by atoms with Crippen LogP contribution in [-0.4, -0.2) is 26.7 Å². The lowest BCUT2D eigenvalue weighted by molar-refractivity contribution is 0.559. The zero-order chi connectivity index (χ0) is 12.8. The standard InChI is InChI=1S/C12H13N.O3S/c1-13(2)12-9-5-7-10-6-3-4-8-11(10)12;1-4(2)3/h3-9H,1-2H3;. The van der Waals surface area contributed by atoms with Crippen molar-refractivity contribution in [2.45, 2.75) is 0 Å². The number of rotatable bonds is 1. The highest BCUT2D eigenvalue weighted by Crippen LogP contribution is 2.24. The molecular weight excluding hydrogens is 238 g/mol. The van der Waals surface area contributed by atoms with Crippen LogP contribution in [0.3, 0.4) is 0 Å². The highest BCUT2D eigenvalue weighted by Gasteiger charge is 1.99. The van der Waals surface area contributed by atoms with Crippen molar-refractivity contribution in [2.75, 3.05) is 19.0 Å². The molecule has 0 heterocycles. The molecule has 0 unspecified atom stereocenters. The molecule has 0 aromatic heterocycles. The summed E-state index contributed by atoms with van der Waals surface area (Å²) in [5.41, 5.74) is 1.28. The highest BCUT2D eigenvalue weighted by atomic mass is 32.2. The summed E-state index contributed by atoms with van der Waals surface area (Å²) in [7, 11) is 1.03. The van der Waals surface area contributed by atoms with Gasteiger partial charge in [-0.2, -0.15) is 0 Å². The molecule has 17 heavy (non-hydrogen) atoms. The van der Waals surface area contributed by atoms with Gasteiger partial charge in [0.2, 0.25) is 0 Å². The van der Waals surface area contributed by atoms with E-state index in [9.17, 15) is 0 Å². The lowest BCUT2D eigenvalue weighted by atomic mass is 10.1. The molecule has 0 aliphatic carbocycles. The second-order valence-corrected chi connectivity index (χ2v) is 4.01. The smallest absolute Gasteiger partial charge is 0.377 e. The van der Waals surface area contributed by atoms with Crippen molar-refractivity contribution in [3.05, 3.63) is 42.5 Å². The van der Waals surface area contributed by atoms with Crippen LogP contribution in [0.15, 0.2) is 42.5 Å². The minimum atomic E-state index is -3.11. The van der Waals surface area contributed by atoms with E-state index in [0.717, 1.165) is 0 Å². The molecular formula is C12H13NO3S. The fourth-order valence-electron chi connectivity index (χ4n) is 1.60. The molecule has 0 spiro atoms. The Kier molecular flexibility index (Phi) is 4.66. The third-order valence-corrected chi connectivity index (χ3v) is 2.25. The monoisotopic (exact) mass is 251 g/mol. The highest BCUT2D eigenvalue weighted by molar-refractivity contribution is 7.59. The molecule has 0 fully saturated rings. The second-order valence-electron chi connectivity index (χ2n) is 3.60. The van der Waals surface area contributed by atoms with Crippen molar-refractivity contribution in [3.8, 4) is 0 Å². The first-order chi connectivity index (χ1) is 8.02. The van der Waals surface area contributed by atoms with Gasteiger partial charge in [-0.3, -0.25) is 0 Å². The van der Waals surface area contributed by atoms with Crippen molar-refractivity contribution in [2.24, 2.45) is 0 Å². The van der Waals surface area contributed by atoms with Gasteiger partial charge < -0.3 is 4.90 Å². The van der Waals surface area contributed by atoms with Gasteiger partial charge in [0, 0.05) is 25.2 Å². The van der Waals surface area contributed by atoms with E-state index in [4.69, 9.17) is 12.6 Å². The van der Waals surface area contributed by atoms with Gasteiger partial charge in [-0.15, -0.1) is 12.6 Å². The third-order valence-electron chi connectivity index (χ3n) is 2.25. The normalized spacial score (nSPS) is 9.29. The maximum Gasteiger partial charge on any atom is 0.425 e. The summed E-state index contributed by atoms with van der Waals surface area (Å²) in [5.74, 6) is 0. The van der Waals surface area contributed by atoms with Crippen molar-refractivity contribution in [3.63, 3.8) is 0 Å². The SMILES string of the molecule is CN(C)c1cccc2ccccc12.O=S(=O)=O.